The van der Waals surface area contributed by atoms with Crippen molar-refractivity contribution in [3.63, 3.8) is 0 Å². The van der Waals surface area contributed by atoms with E-state index in [1.165, 1.54) is 0 Å². The van der Waals surface area contributed by atoms with Gasteiger partial charge in [0.05, 0.1) is 22.8 Å². The first-order valence-corrected chi connectivity index (χ1v) is 10.3. The number of amides is 1. The molecule has 154 valence electrons. The molecule has 2 aromatic heterocycles. The molecule has 2 aliphatic heterocycles. The fourth-order valence-electron chi connectivity index (χ4n) is 4.63. The maximum absolute atomic E-state index is 13.1. The van der Waals surface area contributed by atoms with Gasteiger partial charge in [-0.2, -0.15) is 0 Å². The molecule has 6 rings (SSSR count). The van der Waals surface area contributed by atoms with Crippen LogP contribution >= 0.6 is 0 Å². The van der Waals surface area contributed by atoms with Gasteiger partial charge in [0, 0.05) is 36.8 Å². The van der Waals surface area contributed by atoms with Crippen molar-refractivity contribution >= 4 is 28.4 Å². The third-order valence-electron chi connectivity index (χ3n) is 6.25. The molecular weight excluding hydrogens is 394 g/mol. The van der Waals surface area contributed by atoms with E-state index in [4.69, 9.17) is 0 Å². The Bertz CT molecular complexity index is 1340. The van der Waals surface area contributed by atoms with Gasteiger partial charge < -0.3 is 14.8 Å². The molecule has 8 nitrogen and oxygen atoms in total. The van der Waals surface area contributed by atoms with Gasteiger partial charge >= 0.3 is 0 Å². The number of aromatic nitrogens is 3. The van der Waals surface area contributed by atoms with Crippen LogP contribution in [0.25, 0.3) is 10.9 Å². The molecule has 1 saturated heterocycles. The number of carbonyl (C=O) groups is 3. The number of imidazole rings is 1. The molecule has 1 fully saturated rings. The highest BCUT2D eigenvalue weighted by Gasteiger charge is 2.43. The SMILES string of the molecule is CC1=C(N2CC2)C(=O)c2nc3n(c2C1=O)CCC3NC(=O)c1ccnc2ccccc12. The summed E-state index contributed by atoms with van der Waals surface area (Å²) in [5, 5.41) is 3.82. The predicted molar refractivity (Wildman–Crippen MR) is 112 cm³/mol. The Morgan fingerprint density at radius 2 is 1.90 bits per heavy atom. The van der Waals surface area contributed by atoms with E-state index in [1.54, 1.807) is 23.8 Å². The van der Waals surface area contributed by atoms with Crippen molar-refractivity contribution in [2.75, 3.05) is 13.1 Å². The first-order valence-electron chi connectivity index (χ1n) is 10.3. The molecule has 1 amide bonds. The first kappa shape index (κ1) is 18.0. The van der Waals surface area contributed by atoms with Gasteiger partial charge in [0.1, 0.15) is 17.2 Å². The van der Waals surface area contributed by atoms with Gasteiger partial charge in [-0.3, -0.25) is 19.4 Å². The number of para-hydroxylation sites is 1. The van der Waals surface area contributed by atoms with Crippen LogP contribution in [0.5, 0.6) is 0 Å². The largest absolute Gasteiger partial charge is 0.364 e. The Kier molecular flexibility index (Phi) is 3.68. The van der Waals surface area contributed by atoms with Crippen molar-refractivity contribution in [2.24, 2.45) is 0 Å². The van der Waals surface area contributed by atoms with Crippen LogP contribution in [0.1, 0.15) is 56.5 Å². The van der Waals surface area contributed by atoms with Crippen LogP contribution in [0.3, 0.4) is 0 Å². The highest BCUT2D eigenvalue weighted by atomic mass is 16.2. The zero-order valence-corrected chi connectivity index (χ0v) is 16.9. The minimum Gasteiger partial charge on any atom is -0.364 e. The number of nitrogens with zero attached hydrogens (tertiary/aromatic N) is 4. The normalized spacial score (nSPS) is 19.6. The van der Waals surface area contributed by atoms with E-state index in [9.17, 15) is 14.4 Å². The summed E-state index contributed by atoms with van der Waals surface area (Å²) < 4.78 is 1.80. The Balaban J connectivity index is 1.34. The number of carbonyl (C=O) groups excluding carboxylic acids is 3. The Labute approximate surface area is 177 Å². The molecule has 1 atom stereocenters. The summed E-state index contributed by atoms with van der Waals surface area (Å²) in [6.45, 7) is 3.81. The molecular formula is C23H19N5O3. The van der Waals surface area contributed by atoms with E-state index in [0.717, 1.165) is 24.0 Å². The van der Waals surface area contributed by atoms with Crippen LogP contribution < -0.4 is 5.32 Å². The summed E-state index contributed by atoms with van der Waals surface area (Å²) in [5.74, 6) is -0.00733. The number of hydrogen-bond donors (Lipinski definition) is 1. The summed E-state index contributed by atoms with van der Waals surface area (Å²) in [5.41, 5.74) is 2.80. The molecule has 1 aliphatic carbocycles. The molecule has 3 aliphatic rings. The van der Waals surface area contributed by atoms with Crippen LogP contribution in [0.2, 0.25) is 0 Å². The molecule has 0 bridgehead atoms. The van der Waals surface area contributed by atoms with Crippen LogP contribution in [-0.4, -0.2) is 50.0 Å². The Morgan fingerprint density at radius 3 is 2.71 bits per heavy atom. The molecule has 1 unspecified atom stereocenters. The van der Waals surface area contributed by atoms with Gasteiger partial charge in [-0.1, -0.05) is 18.2 Å². The molecule has 0 saturated carbocycles. The van der Waals surface area contributed by atoms with Crippen molar-refractivity contribution in [2.45, 2.75) is 25.9 Å². The molecule has 0 spiro atoms. The number of benzene rings is 1. The number of pyridine rings is 1. The Morgan fingerprint density at radius 1 is 1.10 bits per heavy atom. The number of fused-ring (bicyclic) bond motifs is 4. The second kappa shape index (κ2) is 6.34. The molecule has 1 aromatic carbocycles. The number of rotatable bonds is 3. The van der Waals surface area contributed by atoms with Gasteiger partial charge in [-0.05, 0) is 25.5 Å². The van der Waals surface area contributed by atoms with Crippen molar-refractivity contribution in [1.82, 2.24) is 24.8 Å². The summed E-state index contributed by atoms with van der Waals surface area (Å²) in [6, 6.07) is 8.81. The van der Waals surface area contributed by atoms with E-state index in [1.807, 2.05) is 29.2 Å². The molecule has 8 heteroatoms. The molecule has 1 N–H and O–H groups in total. The van der Waals surface area contributed by atoms with E-state index in [-0.39, 0.29) is 29.2 Å². The Hall–Kier alpha value is -3.81. The van der Waals surface area contributed by atoms with E-state index in [2.05, 4.69) is 15.3 Å². The number of allylic oxidation sites excluding steroid dienone is 2. The summed E-state index contributed by atoms with van der Waals surface area (Å²) >= 11 is 0. The van der Waals surface area contributed by atoms with Gasteiger partial charge in [0.15, 0.2) is 0 Å². The quantitative estimate of drug-likeness (QED) is 0.662. The lowest BCUT2D eigenvalue weighted by Crippen LogP contribution is -2.28. The second-order valence-corrected chi connectivity index (χ2v) is 8.13. The predicted octanol–water partition coefficient (Wildman–Crippen LogP) is 2.27. The van der Waals surface area contributed by atoms with E-state index in [0.29, 0.717) is 41.3 Å². The van der Waals surface area contributed by atoms with Crippen LogP contribution in [0, 0.1) is 0 Å². The van der Waals surface area contributed by atoms with Crippen molar-refractivity contribution in [3.05, 3.63) is 70.6 Å². The van der Waals surface area contributed by atoms with E-state index < -0.39 is 0 Å². The molecule has 4 heterocycles. The monoisotopic (exact) mass is 413 g/mol. The molecule has 31 heavy (non-hydrogen) atoms. The first-order chi connectivity index (χ1) is 15.0. The van der Waals surface area contributed by atoms with Gasteiger partial charge in [0.25, 0.3) is 5.91 Å². The minimum absolute atomic E-state index is 0.151. The number of hydrogen-bond acceptors (Lipinski definition) is 6. The average Bonchev–Trinajstić information content (AvgIpc) is 3.42. The topological polar surface area (TPSA) is 97.0 Å². The van der Waals surface area contributed by atoms with Crippen molar-refractivity contribution < 1.29 is 14.4 Å². The molecule has 0 radical (unpaired) electrons. The zero-order valence-electron chi connectivity index (χ0n) is 16.9. The lowest BCUT2D eigenvalue weighted by Gasteiger charge is -2.17. The van der Waals surface area contributed by atoms with Crippen LogP contribution in [-0.2, 0) is 6.54 Å². The number of ketones is 2. The van der Waals surface area contributed by atoms with Crippen molar-refractivity contribution in [3.8, 4) is 0 Å². The fraction of sp³-hybridized carbons (Fsp3) is 0.261. The van der Waals surface area contributed by atoms with Gasteiger partial charge in [-0.25, -0.2) is 4.98 Å². The lowest BCUT2D eigenvalue weighted by molar-refractivity contribution is 0.0936. The minimum atomic E-state index is -0.365. The summed E-state index contributed by atoms with van der Waals surface area (Å²) in [4.78, 5) is 49.9. The maximum Gasteiger partial charge on any atom is 0.252 e. The number of Topliss-reactive ketones (excluding diaryl/α,β-unsaturated/α-hetero) is 2. The highest BCUT2D eigenvalue weighted by Crippen LogP contribution is 2.36. The fourth-order valence-corrected chi connectivity index (χ4v) is 4.63. The zero-order chi connectivity index (χ0) is 21.3. The lowest BCUT2D eigenvalue weighted by atomic mass is 9.95. The van der Waals surface area contributed by atoms with Gasteiger partial charge in [-0.15, -0.1) is 0 Å². The van der Waals surface area contributed by atoms with Gasteiger partial charge in [0.2, 0.25) is 11.6 Å². The van der Waals surface area contributed by atoms with Crippen LogP contribution in [0.4, 0.5) is 0 Å². The average molecular weight is 413 g/mol. The number of nitrogens with one attached hydrogen (secondary N) is 1. The van der Waals surface area contributed by atoms with Crippen LogP contribution in [0.15, 0.2) is 47.8 Å². The second-order valence-electron chi connectivity index (χ2n) is 8.13. The summed E-state index contributed by atoms with van der Waals surface area (Å²) in [6.07, 6.45) is 2.24. The third-order valence-corrected chi connectivity index (χ3v) is 6.25. The van der Waals surface area contributed by atoms with Crippen molar-refractivity contribution in [1.29, 1.82) is 0 Å². The maximum atomic E-state index is 13.1. The summed E-state index contributed by atoms with van der Waals surface area (Å²) in [7, 11) is 0. The standard InChI is InChI=1S/C23H19N5O3/c1-12-18(27-10-11-27)21(30)17-19(20(12)29)28-9-7-16(22(28)26-17)25-23(31)14-6-8-24-15-5-3-2-4-13(14)15/h2-6,8,16H,7,9-11H2,1H3,(H,25,31). The highest BCUT2D eigenvalue weighted by molar-refractivity contribution is 6.25. The third kappa shape index (κ3) is 2.57. The van der Waals surface area contributed by atoms with E-state index >= 15 is 0 Å². The molecule has 3 aromatic rings. The smallest absolute Gasteiger partial charge is 0.252 e.